The fourth-order valence-electron chi connectivity index (χ4n) is 4.28. The standard InChI is InChI=1S/C26H34N2O5/c1-16-10-12-17(13-11-16)22(24(30)32-5)28-23(29)20-14-18-8-6-7-9-19(18)15-21(20)27-25(31)33-26(2,3)4/h6-9,14-17,22H,10-13H2,1-5H3,(H,27,31)(H,28,29)/t16?,17?,22-/m0/s1. The third-order valence-corrected chi connectivity index (χ3v) is 6.04. The van der Waals surface area contributed by atoms with Crippen LogP contribution in [0.3, 0.4) is 0 Å². The van der Waals surface area contributed by atoms with Crippen molar-refractivity contribution < 1.29 is 23.9 Å². The van der Waals surface area contributed by atoms with E-state index in [1.54, 1.807) is 32.9 Å². The molecular weight excluding hydrogens is 420 g/mol. The van der Waals surface area contributed by atoms with Crippen molar-refractivity contribution in [3.05, 3.63) is 42.0 Å². The Kier molecular flexibility index (Phi) is 7.61. The van der Waals surface area contributed by atoms with E-state index in [1.807, 2.05) is 24.3 Å². The first-order valence-electron chi connectivity index (χ1n) is 11.5. The Balaban J connectivity index is 1.91. The molecule has 2 N–H and O–H groups in total. The molecule has 0 bridgehead atoms. The summed E-state index contributed by atoms with van der Waals surface area (Å²) in [5, 5.41) is 7.31. The lowest BCUT2D eigenvalue weighted by atomic mass is 9.79. The lowest BCUT2D eigenvalue weighted by Crippen LogP contribution is -2.47. The maximum absolute atomic E-state index is 13.4. The summed E-state index contributed by atoms with van der Waals surface area (Å²) in [5.74, 6) is -0.271. The number of nitrogens with one attached hydrogen (secondary N) is 2. The normalized spacial score (nSPS) is 19.4. The zero-order valence-corrected chi connectivity index (χ0v) is 20.1. The highest BCUT2D eigenvalue weighted by atomic mass is 16.6. The van der Waals surface area contributed by atoms with Gasteiger partial charge in [0.05, 0.1) is 18.4 Å². The van der Waals surface area contributed by atoms with E-state index >= 15 is 0 Å². The fourth-order valence-corrected chi connectivity index (χ4v) is 4.28. The molecule has 0 spiro atoms. The van der Waals surface area contributed by atoms with Gasteiger partial charge in [-0.25, -0.2) is 9.59 Å². The maximum Gasteiger partial charge on any atom is 0.412 e. The van der Waals surface area contributed by atoms with E-state index in [0.29, 0.717) is 11.6 Å². The van der Waals surface area contributed by atoms with Crippen LogP contribution in [0, 0.1) is 11.8 Å². The van der Waals surface area contributed by atoms with Gasteiger partial charge in [-0.15, -0.1) is 0 Å². The van der Waals surface area contributed by atoms with E-state index < -0.39 is 29.6 Å². The molecule has 178 valence electrons. The molecule has 2 aromatic rings. The second-order valence-corrected chi connectivity index (χ2v) is 9.87. The Morgan fingerprint density at radius 2 is 1.61 bits per heavy atom. The zero-order valence-electron chi connectivity index (χ0n) is 20.1. The number of ether oxygens (including phenoxy) is 2. The molecule has 33 heavy (non-hydrogen) atoms. The molecule has 7 nitrogen and oxygen atoms in total. The van der Waals surface area contributed by atoms with Crippen LogP contribution in [0.1, 0.15) is 63.7 Å². The van der Waals surface area contributed by atoms with Crippen molar-refractivity contribution in [2.45, 2.75) is 65.0 Å². The van der Waals surface area contributed by atoms with Crippen molar-refractivity contribution in [2.75, 3.05) is 12.4 Å². The van der Waals surface area contributed by atoms with Gasteiger partial charge in [0.15, 0.2) is 0 Å². The van der Waals surface area contributed by atoms with Gasteiger partial charge in [0.2, 0.25) is 0 Å². The van der Waals surface area contributed by atoms with E-state index in [0.717, 1.165) is 36.5 Å². The molecule has 1 aliphatic carbocycles. The summed E-state index contributed by atoms with van der Waals surface area (Å²) in [6.07, 6.45) is 3.06. The summed E-state index contributed by atoms with van der Waals surface area (Å²) in [6, 6.07) is 10.3. The van der Waals surface area contributed by atoms with E-state index in [4.69, 9.17) is 9.47 Å². The van der Waals surface area contributed by atoms with Crippen molar-refractivity contribution in [1.29, 1.82) is 0 Å². The largest absolute Gasteiger partial charge is 0.467 e. The van der Waals surface area contributed by atoms with Gasteiger partial charge in [0.1, 0.15) is 11.6 Å². The Bertz CT molecular complexity index is 1020. The quantitative estimate of drug-likeness (QED) is 0.599. The molecule has 0 unspecified atom stereocenters. The molecule has 0 radical (unpaired) electrons. The Hall–Kier alpha value is -3.09. The second-order valence-electron chi connectivity index (χ2n) is 9.87. The average molecular weight is 455 g/mol. The van der Waals surface area contributed by atoms with Crippen LogP contribution in [0.2, 0.25) is 0 Å². The minimum atomic E-state index is -0.740. The highest BCUT2D eigenvalue weighted by Gasteiger charge is 2.34. The number of amides is 2. The number of benzene rings is 2. The average Bonchev–Trinajstić information content (AvgIpc) is 2.75. The molecule has 0 aliphatic heterocycles. The molecular formula is C26H34N2O5. The van der Waals surface area contributed by atoms with Crippen LogP contribution >= 0.6 is 0 Å². The molecule has 0 aromatic heterocycles. The smallest absolute Gasteiger partial charge is 0.412 e. The molecule has 1 fully saturated rings. The highest BCUT2D eigenvalue weighted by Crippen LogP contribution is 2.32. The Morgan fingerprint density at radius 1 is 1.00 bits per heavy atom. The number of fused-ring (bicyclic) bond motifs is 1. The molecule has 2 amide bonds. The van der Waals surface area contributed by atoms with Gasteiger partial charge in [-0.2, -0.15) is 0 Å². The van der Waals surface area contributed by atoms with Crippen LogP contribution in [0.25, 0.3) is 10.8 Å². The summed E-state index contributed by atoms with van der Waals surface area (Å²) in [6.45, 7) is 7.51. The number of methoxy groups -OCH3 is 1. The van der Waals surface area contributed by atoms with Gasteiger partial charge in [-0.3, -0.25) is 10.1 Å². The number of hydrogen-bond donors (Lipinski definition) is 2. The van der Waals surface area contributed by atoms with Gasteiger partial charge in [0.25, 0.3) is 5.91 Å². The molecule has 3 rings (SSSR count). The molecule has 2 aromatic carbocycles. The SMILES string of the molecule is COC(=O)[C@@H](NC(=O)c1cc2ccccc2cc1NC(=O)OC(C)(C)C)C1CCC(C)CC1. The zero-order chi connectivity index (χ0) is 24.2. The molecule has 1 atom stereocenters. The Morgan fingerprint density at radius 3 is 2.18 bits per heavy atom. The van der Waals surface area contributed by atoms with Gasteiger partial charge >= 0.3 is 12.1 Å². The van der Waals surface area contributed by atoms with Crippen molar-refractivity contribution in [2.24, 2.45) is 11.8 Å². The number of carbonyl (C=O) groups excluding carboxylic acids is 3. The first kappa shape index (κ1) is 24.6. The number of carbonyl (C=O) groups is 3. The fraction of sp³-hybridized carbons (Fsp3) is 0.500. The van der Waals surface area contributed by atoms with E-state index in [1.165, 1.54) is 7.11 Å². The topological polar surface area (TPSA) is 93.7 Å². The maximum atomic E-state index is 13.4. The molecule has 0 heterocycles. The van der Waals surface area contributed by atoms with Crippen LogP contribution in [0.15, 0.2) is 36.4 Å². The first-order chi connectivity index (χ1) is 15.6. The lowest BCUT2D eigenvalue weighted by Gasteiger charge is -2.31. The summed E-state index contributed by atoms with van der Waals surface area (Å²) in [4.78, 5) is 38.4. The van der Waals surface area contributed by atoms with E-state index in [9.17, 15) is 14.4 Å². The summed E-state index contributed by atoms with van der Waals surface area (Å²) in [7, 11) is 1.33. The van der Waals surface area contributed by atoms with Gasteiger partial charge in [0, 0.05) is 0 Å². The van der Waals surface area contributed by atoms with E-state index in [2.05, 4.69) is 17.6 Å². The minimum Gasteiger partial charge on any atom is -0.467 e. The van der Waals surface area contributed by atoms with Crippen LogP contribution in [-0.2, 0) is 14.3 Å². The van der Waals surface area contributed by atoms with Crippen LogP contribution in [0.5, 0.6) is 0 Å². The Labute approximate surface area is 195 Å². The molecule has 0 saturated heterocycles. The van der Waals surface area contributed by atoms with Gasteiger partial charge in [-0.05, 0) is 68.4 Å². The summed E-state index contributed by atoms with van der Waals surface area (Å²) in [5.41, 5.74) is -0.101. The van der Waals surface area contributed by atoms with Crippen LogP contribution in [0.4, 0.5) is 10.5 Å². The van der Waals surface area contributed by atoms with Crippen molar-refractivity contribution in [1.82, 2.24) is 5.32 Å². The number of anilines is 1. The monoisotopic (exact) mass is 454 g/mol. The predicted octanol–water partition coefficient (Wildman–Crippen LogP) is 5.28. The molecule has 1 aliphatic rings. The van der Waals surface area contributed by atoms with Crippen LogP contribution < -0.4 is 10.6 Å². The lowest BCUT2D eigenvalue weighted by molar-refractivity contribution is -0.144. The highest BCUT2D eigenvalue weighted by molar-refractivity contribution is 6.07. The van der Waals surface area contributed by atoms with Gasteiger partial charge < -0.3 is 14.8 Å². The minimum absolute atomic E-state index is 0.0142. The van der Waals surface area contributed by atoms with Crippen molar-refractivity contribution in [3.8, 4) is 0 Å². The van der Waals surface area contributed by atoms with Gasteiger partial charge in [-0.1, -0.05) is 44.0 Å². The van der Waals surface area contributed by atoms with Crippen LogP contribution in [-0.4, -0.2) is 36.7 Å². The molecule has 1 saturated carbocycles. The number of rotatable bonds is 5. The van der Waals surface area contributed by atoms with E-state index in [-0.39, 0.29) is 11.5 Å². The number of esters is 1. The predicted molar refractivity (Wildman–Crippen MR) is 128 cm³/mol. The third-order valence-electron chi connectivity index (χ3n) is 6.04. The second kappa shape index (κ2) is 10.2. The molecule has 7 heteroatoms. The summed E-state index contributed by atoms with van der Waals surface area (Å²) < 4.78 is 10.4. The first-order valence-corrected chi connectivity index (χ1v) is 11.5. The van der Waals surface area contributed by atoms with Crippen molar-refractivity contribution >= 4 is 34.4 Å². The summed E-state index contributed by atoms with van der Waals surface area (Å²) >= 11 is 0. The third kappa shape index (κ3) is 6.46. The van der Waals surface area contributed by atoms with Crippen molar-refractivity contribution in [3.63, 3.8) is 0 Å². The number of hydrogen-bond acceptors (Lipinski definition) is 5.